The Balaban J connectivity index is 0.00000256. The van der Waals surface area contributed by atoms with E-state index in [9.17, 15) is 29.7 Å². The molecule has 0 aromatic carbocycles. The van der Waals surface area contributed by atoms with E-state index in [1.165, 1.54) is 0 Å². The fourth-order valence-electron chi connectivity index (χ4n) is 1.28. The largest absolute Gasteiger partial charge is 2.00 e. The summed E-state index contributed by atoms with van der Waals surface area (Å²) >= 11 is 0. The van der Waals surface area contributed by atoms with E-state index in [0.717, 1.165) is 0 Å². The van der Waals surface area contributed by atoms with Gasteiger partial charge >= 0.3 is 48.9 Å². The van der Waals surface area contributed by atoms with Crippen molar-refractivity contribution in [2.75, 3.05) is 6.61 Å². The predicted octanol–water partition coefficient (Wildman–Crippen LogP) is -4.75. The number of phosphoric acid groups is 1. The van der Waals surface area contributed by atoms with Crippen LogP contribution in [0.2, 0.25) is 0 Å². The summed E-state index contributed by atoms with van der Waals surface area (Å²) in [5, 5.41) is 36.5. The van der Waals surface area contributed by atoms with Crippen molar-refractivity contribution in [3.8, 4) is 0 Å². The minimum Gasteiger partial charge on any atom is -0.790 e. The first-order valence-corrected chi connectivity index (χ1v) is 5.73. The van der Waals surface area contributed by atoms with Crippen molar-refractivity contribution >= 4 is 56.7 Å². The topological polar surface area (TPSA) is 163 Å². The van der Waals surface area contributed by atoms with Gasteiger partial charge < -0.3 is 44.0 Å². The molecular formula is C6H11BaO9P. The molecule has 1 saturated heterocycles. The van der Waals surface area contributed by atoms with Crippen molar-refractivity contribution in [3.63, 3.8) is 0 Å². The Morgan fingerprint density at radius 3 is 2.12 bits per heavy atom. The molecule has 0 aliphatic carbocycles. The minimum absolute atomic E-state index is 0. The van der Waals surface area contributed by atoms with Gasteiger partial charge in [-0.1, -0.05) is 0 Å². The van der Waals surface area contributed by atoms with Crippen LogP contribution in [0.15, 0.2) is 0 Å². The molecule has 9 nitrogen and oxygen atoms in total. The summed E-state index contributed by atoms with van der Waals surface area (Å²) in [7, 11) is -5.41. The van der Waals surface area contributed by atoms with E-state index < -0.39 is 45.1 Å². The van der Waals surface area contributed by atoms with E-state index in [-0.39, 0.29) is 48.9 Å². The molecule has 0 unspecified atom stereocenters. The standard InChI is InChI=1S/C6H13O9P.Ba/c7-1-2-3(8)4(9)5(10)6(14-2)15-16(11,12)13;/h2-10H,1H2,(H2,11,12,13);/q;+2/p-2/t2-,3-,4+,5-,6-;/m1./s1. The molecule has 96 valence electrons. The number of hydrogen-bond donors (Lipinski definition) is 4. The summed E-state index contributed by atoms with van der Waals surface area (Å²) in [5.41, 5.74) is 0. The fraction of sp³-hybridized carbons (Fsp3) is 1.00. The summed E-state index contributed by atoms with van der Waals surface area (Å²) in [5.74, 6) is 0. The second-order valence-corrected chi connectivity index (χ2v) is 4.36. The van der Waals surface area contributed by atoms with Crippen LogP contribution in [0.1, 0.15) is 0 Å². The van der Waals surface area contributed by atoms with E-state index in [1.807, 2.05) is 0 Å². The smallest absolute Gasteiger partial charge is 0.790 e. The predicted molar refractivity (Wildman–Crippen MR) is 48.2 cm³/mol. The molecule has 17 heavy (non-hydrogen) atoms. The van der Waals surface area contributed by atoms with E-state index in [2.05, 4.69) is 9.26 Å². The molecular weight excluding hydrogens is 384 g/mol. The second kappa shape index (κ2) is 7.31. The van der Waals surface area contributed by atoms with Gasteiger partial charge in [0.05, 0.1) is 14.4 Å². The van der Waals surface area contributed by atoms with Crippen molar-refractivity contribution in [2.45, 2.75) is 30.7 Å². The summed E-state index contributed by atoms with van der Waals surface area (Å²) in [6.07, 6.45) is -8.61. The van der Waals surface area contributed by atoms with Crippen LogP contribution >= 0.6 is 7.82 Å². The molecule has 5 atom stereocenters. The van der Waals surface area contributed by atoms with Gasteiger partial charge in [-0.2, -0.15) is 0 Å². The molecule has 0 aromatic heterocycles. The van der Waals surface area contributed by atoms with E-state index in [4.69, 9.17) is 5.11 Å². The molecule has 0 saturated carbocycles. The first kappa shape index (κ1) is 18.5. The number of rotatable bonds is 3. The average Bonchev–Trinajstić information content (AvgIpc) is 2.17. The van der Waals surface area contributed by atoms with Crippen molar-refractivity contribution in [3.05, 3.63) is 0 Å². The first-order chi connectivity index (χ1) is 7.26. The Morgan fingerprint density at radius 2 is 1.71 bits per heavy atom. The van der Waals surface area contributed by atoms with Gasteiger partial charge in [0.15, 0.2) is 6.29 Å². The maximum atomic E-state index is 10.3. The zero-order chi connectivity index (χ0) is 12.5. The van der Waals surface area contributed by atoms with Crippen molar-refractivity contribution in [2.24, 2.45) is 0 Å². The van der Waals surface area contributed by atoms with Crippen LogP contribution in [-0.4, -0.2) is 107 Å². The van der Waals surface area contributed by atoms with Crippen molar-refractivity contribution < 1.29 is 44.0 Å². The minimum atomic E-state index is -5.41. The zero-order valence-corrected chi connectivity index (χ0v) is 13.9. The quantitative estimate of drug-likeness (QED) is 0.271. The molecule has 0 radical (unpaired) electrons. The van der Waals surface area contributed by atoms with Gasteiger partial charge in [0.25, 0.3) is 0 Å². The van der Waals surface area contributed by atoms with Gasteiger partial charge in [-0.25, -0.2) is 0 Å². The monoisotopic (exact) mass is 396 g/mol. The number of ether oxygens (including phenoxy) is 1. The normalized spacial score (nSPS) is 38.6. The fourth-order valence-corrected chi connectivity index (χ4v) is 1.71. The van der Waals surface area contributed by atoms with Gasteiger partial charge in [-0.05, 0) is 0 Å². The molecule has 0 spiro atoms. The van der Waals surface area contributed by atoms with Gasteiger partial charge in [0.2, 0.25) is 0 Å². The molecule has 4 N–H and O–H groups in total. The van der Waals surface area contributed by atoms with Crippen molar-refractivity contribution in [1.29, 1.82) is 0 Å². The van der Waals surface area contributed by atoms with Gasteiger partial charge in [-0.15, -0.1) is 0 Å². The van der Waals surface area contributed by atoms with Crippen LogP contribution in [0.25, 0.3) is 0 Å². The first-order valence-electron chi connectivity index (χ1n) is 4.27. The second-order valence-electron chi connectivity index (χ2n) is 3.25. The molecule has 1 fully saturated rings. The molecule has 1 heterocycles. The maximum absolute atomic E-state index is 10.3. The number of hydrogen-bond acceptors (Lipinski definition) is 9. The third-order valence-corrected chi connectivity index (χ3v) is 2.55. The van der Waals surface area contributed by atoms with Crippen molar-refractivity contribution in [1.82, 2.24) is 0 Å². The Bertz CT molecular complexity index is 281. The SMILES string of the molecule is O=P([O-])([O-])O[C@H]1O[C@H](CO)[C@@H](O)[C@H](O)[C@H]1O.[Ba+2]. The van der Waals surface area contributed by atoms with Crippen LogP contribution in [0, 0.1) is 0 Å². The van der Waals surface area contributed by atoms with E-state index in [0.29, 0.717) is 0 Å². The Kier molecular flexibility index (Phi) is 7.95. The Morgan fingerprint density at radius 1 is 1.18 bits per heavy atom. The van der Waals surface area contributed by atoms with Gasteiger partial charge in [-0.3, -0.25) is 0 Å². The van der Waals surface area contributed by atoms with Crippen LogP contribution in [0.3, 0.4) is 0 Å². The average molecular weight is 395 g/mol. The van der Waals surface area contributed by atoms with Crippen LogP contribution in [0.4, 0.5) is 0 Å². The van der Waals surface area contributed by atoms with Gasteiger partial charge in [0.1, 0.15) is 24.4 Å². The molecule has 1 rings (SSSR count). The third-order valence-electron chi connectivity index (χ3n) is 2.08. The molecule has 1 aliphatic rings. The number of phosphoric ester groups is 1. The van der Waals surface area contributed by atoms with Gasteiger partial charge in [0, 0.05) is 0 Å². The molecule has 0 amide bonds. The molecule has 0 aromatic rings. The molecule has 0 bridgehead atoms. The maximum Gasteiger partial charge on any atom is 2.00 e. The van der Waals surface area contributed by atoms with Crippen LogP contribution in [0.5, 0.6) is 0 Å². The van der Waals surface area contributed by atoms with Crippen LogP contribution < -0.4 is 9.79 Å². The Labute approximate surface area is 137 Å². The number of aliphatic hydroxyl groups excluding tert-OH is 4. The molecule has 11 heteroatoms. The summed E-state index contributed by atoms with van der Waals surface area (Å²) in [4.78, 5) is 20.6. The molecule has 1 aliphatic heterocycles. The summed E-state index contributed by atoms with van der Waals surface area (Å²) < 4.78 is 18.7. The summed E-state index contributed by atoms with van der Waals surface area (Å²) in [6.45, 7) is -0.743. The summed E-state index contributed by atoms with van der Waals surface area (Å²) in [6, 6.07) is 0. The zero-order valence-electron chi connectivity index (χ0n) is 8.58. The third kappa shape index (κ3) is 5.17. The van der Waals surface area contributed by atoms with E-state index in [1.54, 1.807) is 0 Å². The number of aliphatic hydroxyl groups is 4. The Hall–Kier alpha value is 1.48. The van der Waals surface area contributed by atoms with Crippen LogP contribution in [-0.2, 0) is 13.8 Å². The van der Waals surface area contributed by atoms with E-state index >= 15 is 0 Å².